The molecule has 4 N–H and O–H groups in total. The van der Waals surface area contributed by atoms with Crippen LogP contribution in [0, 0.1) is 12.8 Å². The van der Waals surface area contributed by atoms with Crippen molar-refractivity contribution in [1.29, 1.82) is 0 Å². The number of aryl methyl sites for hydroxylation is 1. The van der Waals surface area contributed by atoms with Crippen LogP contribution < -0.4 is 10.1 Å². The summed E-state index contributed by atoms with van der Waals surface area (Å²) >= 11 is 1.50. The molecule has 0 spiro atoms. The summed E-state index contributed by atoms with van der Waals surface area (Å²) in [6.07, 6.45) is -0.343. The Kier molecular flexibility index (Phi) is 4.92. The highest BCUT2D eigenvalue weighted by molar-refractivity contribution is 7.21. The summed E-state index contributed by atoms with van der Waals surface area (Å²) in [7, 11) is 1.47. The smallest absolute Gasteiger partial charge is 0.318 e. The molecule has 148 valence electrons. The van der Waals surface area contributed by atoms with Crippen LogP contribution in [0.15, 0.2) is 24.3 Å². The molecule has 1 aliphatic rings. The van der Waals surface area contributed by atoms with Crippen LogP contribution in [0.3, 0.4) is 0 Å². The standard InChI is InChI=1S/C19H22N4O4S/c1-10-14(17-21-12-5-3-4-6-13(12)28-17)16(22-18(20-10)27-2)23-19(26)8-7-11(9-24)15(19)25/h3-6,11,15,24-26H,7-9H2,1-2H3,(H,20,22,23). The number of ether oxygens (including phenoxy) is 1. The number of nitrogens with zero attached hydrogens (tertiary/aromatic N) is 3. The molecule has 0 aliphatic heterocycles. The number of nitrogens with one attached hydrogen (secondary N) is 1. The van der Waals surface area contributed by atoms with E-state index in [0.29, 0.717) is 28.5 Å². The first-order valence-electron chi connectivity index (χ1n) is 9.03. The van der Waals surface area contributed by atoms with E-state index in [0.717, 1.165) is 10.2 Å². The fraction of sp³-hybridized carbons (Fsp3) is 0.421. The highest BCUT2D eigenvalue weighted by atomic mass is 32.1. The molecule has 2 heterocycles. The SMILES string of the molecule is COc1nc(C)c(-c2nc3ccccc3s2)c(NC2(O)CCC(CO)C2O)n1. The first kappa shape index (κ1) is 19.0. The molecule has 2 aromatic heterocycles. The molecule has 1 aromatic carbocycles. The topological polar surface area (TPSA) is 121 Å². The van der Waals surface area contributed by atoms with E-state index in [1.165, 1.54) is 18.4 Å². The van der Waals surface area contributed by atoms with Crippen LogP contribution in [0.5, 0.6) is 6.01 Å². The maximum Gasteiger partial charge on any atom is 0.318 e. The Bertz CT molecular complexity index is 978. The van der Waals surface area contributed by atoms with E-state index < -0.39 is 17.7 Å². The van der Waals surface area contributed by atoms with Gasteiger partial charge in [-0.3, -0.25) is 0 Å². The zero-order chi connectivity index (χ0) is 19.9. The van der Waals surface area contributed by atoms with Gasteiger partial charge in [0.25, 0.3) is 0 Å². The molecular formula is C19H22N4O4S. The van der Waals surface area contributed by atoms with Gasteiger partial charge < -0.3 is 25.4 Å². The second-order valence-electron chi connectivity index (χ2n) is 6.98. The molecule has 0 bridgehead atoms. The zero-order valence-corrected chi connectivity index (χ0v) is 16.4. The van der Waals surface area contributed by atoms with Gasteiger partial charge in [0.2, 0.25) is 0 Å². The number of anilines is 1. The third-order valence-electron chi connectivity index (χ3n) is 5.16. The summed E-state index contributed by atoms with van der Waals surface area (Å²) in [6, 6.07) is 7.95. The molecule has 8 nitrogen and oxygen atoms in total. The monoisotopic (exact) mass is 402 g/mol. The van der Waals surface area contributed by atoms with E-state index in [9.17, 15) is 15.3 Å². The lowest BCUT2D eigenvalue weighted by atomic mass is 10.0. The van der Waals surface area contributed by atoms with Gasteiger partial charge in [0.15, 0.2) is 5.72 Å². The summed E-state index contributed by atoms with van der Waals surface area (Å²) in [5.41, 5.74) is 0.548. The Morgan fingerprint density at radius 1 is 1.29 bits per heavy atom. The van der Waals surface area contributed by atoms with Crippen LogP contribution in [0.2, 0.25) is 0 Å². The second-order valence-corrected chi connectivity index (χ2v) is 8.01. The maximum atomic E-state index is 11.0. The van der Waals surface area contributed by atoms with E-state index in [1.807, 2.05) is 31.2 Å². The van der Waals surface area contributed by atoms with Crippen LogP contribution in [0.1, 0.15) is 18.5 Å². The van der Waals surface area contributed by atoms with Crippen LogP contribution in [-0.4, -0.2) is 55.8 Å². The van der Waals surface area contributed by atoms with E-state index in [1.54, 1.807) is 0 Å². The van der Waals surface area contributed by atoms with Gasteiger partial charge in [-0.2, -0.15) is 9.97 Å². The molecule has 3 atom stereocenters. The maximum absolute atomic E-state index is 11.0. The molecule has 3 unspecified atom stereocenters. The quantitative estimate of drug-likeness (QED) is 0.478. The number of fused-ring (bicyclic) bond motifs is 1. The lowest BCUT2D eigenvalue weighted by Crippen LogP contribution is -2.48. The summed E-state index contributed by atoms with van der Waals surface area (Å²) in [5, 5.41) is 34.6. The Morgan fingerprint density at radius 2 is 2.07 bits per heavy atom. The molecule has 0 saturated heterocycles. The molecule has 28 heavy (non-hydrogen) atoms. The highest BCUT2D eigenvalue weighted by Gasteiger charge is 2.47. The number of para-hydroxylation sites is 1. The predicted molar refractivity (Wildman–Crippen MR) is 106 cm³/mol. The molecule has 1 aliphatic carbocycles. The van der Waals surface area contributed by atoms with Gasteiger partial charge in [-0.25, -0.2) is 4.98 Å². The van der Waals surface area contributed by atoms with Crippen LogP contribution in [0.4, 0.5) is 5.82 Å². The molecule has 9 heteroatoms. The van der Waals surface area contributed by atoms with Crippen LogP contribution >= 0.6 is 11.3 Å². The Labute approximate surface area is 165 Å². The lowest BCUT2D eigenvalue weighted by molar-refractivity contribution is -0.0545. The lowest BCUT2D eigenvalue weighted by Gasteiger charge is -2.30. The van der Waals surface area contributed by atoms with Crippen molar-refractivity contribution in [3.05, 3.63) is 30.0 Å². The van der Waals surface area contributed by atoms with E-state index >= 15 is 0 Å². The Hall–Kier alpha value is -2.33. The first-order valence-corrected chi connectivity index (χ1v) is 9.85. The van der Waals surface area contributed by atoms with Crippen LogP contribution in [0.25, 0.3) is 20.8 Å². The number of aliphatic hydroxyl groups is 3. The third kappa shape index (κ3) is 3.20. The summed E-state index contributed by atoms with van der Waals surface area (Å²) in [6.45, 7) is 1.63. The number of methoxy groups -OCH3 is 1. The average Bonchev–Trinajstić information content (AvgIpc) is 3.22. The van der Waals surface area contributed by atoms with E-state index in [-0.39, 0.29) is 19.0 Å². The van der Waals surface area contributed by atoms with Crippen molar-refractivity contribution in [3.8, 4) is 16.6 Å². The van der Waals surface area contributed by atoms with Gasteiger partial charge in [0.1, 0.15) is 16.9 Å². The van der Waals surface area contributed by atoms with Crippen molar-refractivity contribution in [2.45, 2.75) is 31.6 Å². The van der Waals surface area contributed by atoms with E-state index in [2.05, 4.69) is 20.3 Å². The molecule has 3 aromatic rings. The summed E-state index contributed by atoms with van der Waals surface area (Å²) in [4.78, 5) is 13.4. The average molecular weight is 402 g/mol. The fourth-order valence-electron chi connectivity index (χ4n) is 3.60. The van der Waals surface area contributed by atoms with Gasteiger partial charge in [-0.15, -0.1) is 11.3 Å². The number of hydrogen-bond acceptors (Lipinski definition) is 9. The molecular weight excluding hydrogens is 380 g/mol. The molecule has 0 amide bonds. The summed E-state index contributed by atoms with van der Waals surface area (Å²) in [5.74, 6) is -0.0585. The van der Waals surface area contributed by atoms with Gasteiger partial charge in [-0.05, 0) is 31.9 Å². The number of thiazole rings is 1. The number of rotatable bonds is 5. The second kappa shape index (κ2) is 7.25. The molecule has 1 fully saturated rings. The van der Waals surface area contributed by atoms with Crippen molar-refractivity contribution in [1.82, 2.24) is 15.0 Å². The number of aliphatic hydroxyl groups excluding tert-OH is 2. The van der Waals surface area contributed by atoms with Gasteiger partial charge in [0.05, 0.1) is 28.6 Å². The van der Waals surface area contributed by atoms with Crippen molar-refractivity contribution in [3.63, 3.8) is 0 Å². The van der Waals surface area contributed by atoms with Crippen molar-refractivity contribution in [2.24, 2.45) is 5.92 Å². The largest absolute Gasteiger partial charge is 0.467 e. The minimum absolute atomic E-state index is 0.152. The van der Waals surface area contributed by atoms with Crippen molar-refractivity contribution < 1.29 is 20.1 Å². The normalized spacial score (nSPS) is 24.6. The molecule has 0 radical (unpaired) electrons. The zero-order valence-electron chi connectivity index (χ0n) is 15.6. The first-order chi connectivity index (χ1) is 13.4. The Balaban J connectivity index is 1.81. The van der Waals surface area contributed by atoms with Crippen molar-refractivity contribution in [2.75, 3.05) is 19.0 Å². The third-order valence-corrected chi connectivity index (χ3v) is 6.22. The van der Waals surface area contributed by atoms with Gasteiger partial charge >= 0.3 is 6.01 Å². The molecule has 4 rings (SSSR count). The van der Waals surface area contributed by atoms with E-state index in [4.69, 9.17) is 4.74 Å². The summed E-state index contributed by atoms with van der Waals surface area (Å²) < 4.78 is 6.22. The van der Waals surface area contributed by atoms with Crippen LogP contribution in [-0.2, 0) is 0 Å². The number of hydrogen-bond donors (Lipinski definition) is 4. The van der Waals surface area contributed by atoms with Gasteiger partial charge in [0, 0.05) is 12.5 Å². The fourth-order valence-corrected chi connectivity index (χ4v) is 4.66. The number of benzene rings is 1. The number of aromatic nitrogens is 3. The van der Waals surface area contributed by atoms with Crippen molar-refractivity contribution >= 4 is 27.4 Å². The Morgan fingerprint density at radius 3 is 2.75 bits per heavy atom. The molecule has 1 saturated carbocycles. The van der Waals surface area contributed by atoms with Gasteiger partial charge in [-0.1, -0.05) is 12.1 Å². The highest BCUT2D eigenvalue weighted by Crippen LogP contribution is 2.40. The predicted octanol–water partition coefficient (Wildman–Crippen LogP) is 1.93. The minimum atomic E-state index is -1.61. The minimum Gasteiger partial charge on any atom is -0.467 e.